The van der Waals surface area contributed by atoms with Gasteiger partial charge in [-0.2, -0.15) is 0 Å². The van der Waals surface area contributed by atoms with Crippen LogP contribution in [0.4, 0.5) is 0 Å². The van der Waals surface area contributed by atoms with Gasteiger partial charge in [0.15, 0.2) is 0 Å². The predicted molar refractivity (Wildman–Crippen MR) is 44.2 cm³/mol. The van der Waals surface area contributed by atoms with E-state index in [0.29, 0.717) is 24.7 Å². The number of hydrogen-bond acceptors (Lipinski definition) is 3. The lowest BCUT2D eigenvalue weighted by Gasteiger charge is -2.29. The minimum Gasteiger partial charge on any atom is -0.391 e. The van der Waals surface area contributed by atoms with Crippen molar-refractivity contribution in [3.05, 3.63) is 0 Å². The Morgan fingerprint density at radius 3 is 3.09 bits per heavy atom. The lowest BCUT2D eigenvalue weighted by Crippen LogP contribution is -2.47. The fraction of sp³-hybridized carbons (Fsp3) is 0.667. The van der Waals surface area contributed by atoms with E-state index in [-0.39, 0.29) is 6.10 Å². The van der Waals surface area contributed by atoms with Gasteiger partial charge in [-0.15, -0.1) is 0 Å². The number of nitrogens with two attached hydrogens (primary N) is 1. The van der Waals surface area contributed by atoms with Gasteiger partial charge in [0, 0.05) is 6.54 Å². The average Bonchev–Trinajstić information content (AvgIpc) is 2.05. The summed E-state index contributed by atoms with van der Waals surface area (Å²) in [7, 11) is 0. The molecule has 0 aromatic carbocycles. The third kappa shape index (κ3) is 2.13. The summed E-state index contributed by atoms with van der Waals surface area (Å²) in [5.41, 5.74) is 5.35. The fourth-order valence-electron chi connectivity index (χ4n) is 0.937. The zero-order chi connectivity index (χ0) is 8.27. The van der Waals surface area contributed by atoms with Crippen LogP contribution in [0.5, 0.6) is 0 Å². The Labute approximate surface area is 70.3 Å². The summed E-state index contributed by atoms with van der Waals surface area (Å²) in [6.45, 7) is 1.63. The lowest BCUT2D eigenvalue weighted by atomic mass is 10.3. The Bertz CT molecular complexity index is 174. The van der Waals surface area contributed by atoms with Crippen molar-refractivity contribution < 1.29 is 9.53 Å². The summed E-state index contributed by atoms with van der Waals surface area (Å²) in [5.74, 6) is 0. The van der Waals surface area contributed by atoms with E-state index in [1.54, 1.807) is 4.90 Å². The molecule has 4 nitrogen and oxygen atoms in total. The monoisotopic (exact) mass is 174 g/mol. The molecule has 1 fully saturated rings. The molecule has 1 aliphatic heterocycles. The van der Waals surface area contributed by atoms with Crippen molar-refractivity contribution in [1.29, 1.82) is 0 Å². The maximum Gasteiger partial charge on any atom is 0.209 e. The van der Waals surface area contributed by atoms with Crippen molar-refractivity contribution in [1.82, 2.24) is 4.90 Å². The molecule has 5 heteroatoms. The van der Waals surface area contributed by atoms with E-state index in [1.807, 2.05) is 0 Å². The first kappa shape index (κ1) is 8.42. The van der Waals surface area contributed by atoms with E-state index >= 15 is 0 Å². The van der Waals surface area contributed by atoms with Crippen LogP contribution in [-0.2, 0) is 9.53 Å². The molecule has 0 saturated carbocycles. The number of carbonyl (C=O) groups excluding carboxylic acids is 1. The number of carbonyl (C=O) groups is 1. The summed E-state index contributed by atoms with van der Waals surface area (Å²) >= 11 is 4.73. The van der Waals surface area contributed by atoms with Gasteiger partial charge in [0.05, 0.1) is 13.2 Å². The van der Waals surface area contributed by atoms with Crippen LogP contribution in [0.15, 0.2) is 0 Å². The molecule has 1 amide bonds. The fourth-order valence-corrected chi connectivity index (χ4v) is 1.08. The number of amides is 1. The first-order valence-electron chi connectivity index (χ1n) is 3.34. The van der Waals surface area contributed by atoms with Crippen LogP contribution in [0, 0.1) is 0 Å². The first-order valence-corrected chi connectivity index (χ1v) is 3.75. The second-order valence-corrected chi connectivity index (χ2v) is 2.83. The van der Waals surface area contributed by atoms with Gasteiger partial charge in [-0.05, 0) is 0 Å². The zero-order valence-electron chi connectivity index (χ0n) is 6.03. The standard InChI is InChI=1S/C6H10N2O2S/c7-6(11)5-3-8(4-9)1-2-10-5/h4-5H,1-3H2,(H2,7,11). The molecule has 1 atom stereocenters. The minimum absolute atomic E-state index is 0.260. The molecule has 2 N–H and O–H groups in total. The molecule has 0 aliphatic carbocycles. The highest BCUT2D eigenvalue weighted by molar-refractivity contribution is 7.80. The third-order valence-corrected chi connectivity index (χ3v) is 1.83. The van der Waals surface area contributed by atoms with Crippen LogP contribution < -0.4 is 5.73 Å². The van der Waals surface area contributed by atoms with Gasteiger partial charge in [-0.25, -0.2) is 0 Å². The van der Waals surface area contributed by atoms with Crippen LogP contribution in [-0.4, -0.2) is 42.1 Å². The Morgan fingerprint density at radius 2 is 2.55 bits per heavy atom. The Hall–Kier alpha value is -0.680. The zero-order valence-corrected chi connectivity index (χ0v) is 6.84. The van der Waals surface area contributed by atoms with E-state index in [4.69, 9.17) is 22.7 Å². The topological polar surface area (TPSA) is 55.6 Å². The van der Waals surface area contributed by atoms with Crippen molar-refractivity contribution in [2.24, 2.45) is 5.73 Å². The molecule has 0 spiro atoms. The minimum atomic E-state index is -0.260. The van der Waals surface area contributed by atoms with Crippen LogP contribution in [0.25, 0.3) is 0 Å². The second-order valence-electron chi connectivity index (χ2n) is 2.36. The average molecular weight is 174 g/mol. The van der Waals surface area contributed by atoms with Gasteiger partial charge < -0.3 is 15.4 Å². The van der Waals surface area contributed by atoms with E-state index in [9.17, 15) is 4.79 Å². The van der Waals surface area contributed by atoms with Crippen LogP contribution in [0.2, 0.25) is 0 Å². The lowest BCUT2D eigenvalue weighted by molar-refractivity contribution is -0.123. The highest BCUT2D eigenvalue weighted by Gasteiger charge is 2.20. The predicted octanol–water partition coefficient (Wildman–Crippen LogP) is -0.870. The third-order valence-electron chi connectivity index (χ3n) is 1.56. The van der Waals surface area contributed by atoms with Crippen molar-refractivity contribution in [3.63, 3.8) is 0 Å². The molecule has 0 aromatic heterocycles. The number of thiocarbonyl (C=S) groups is 1. The molecule has 1 unspecified atom stereocenters. The summed E-state index contributed by atoms with van der Waals surface area (Å²) < 4.78 is 5.20. The van der Waals surface area contributed by atoms with E-state index in [2.05, 4.69) is 0 Å². The maximum absolute atomic E-state index is 10.3. The van der Waals surface area contributed by atoms with Crippen LogP contribution >= 0.6 is 12.2 Å². The van der Waals surface area contributed by atoms with Gasteiger partial charge in [0.25, 0.3) is 0 Å². The maximum atomic E-state index is 10.3. The molecule has 0 radical (unpaired) electrons. The Balaban J connectivity index is 2.45. The molecule has 62 valence electrons. The summed E-state index contributed by atoms with van der Waals surface area (Å²) in [6, 6.07) is 0. The smallest absolute Gasteiger partial charge is 0.209 e. The highest BCUT2D eigenvalue weighted by Crippen LogP contribution is 2.02. The molecule has 1 heterocycles. The van der Waals surface area contributed by atoms with Crippen molar-refractivity contribution in [2.45, 2.75) is 6.10 Å². The molecule has 0 aromatic rings. The Kier molecular flexibility index (Phi) is 2.78. The quantitative estimate of drug-likeness (QED) is 0.437. The largest absolute Gasteiger partial charge is 0.391 e. The molecule has 0 bridgehead atoms. The summed E-state index contributed by atoms with van der Waals surface area (Å²) in [4.78, 5) is 12.2. The Morgan fingerprint density at radius 1 is 1.82 bits per heavy atom. The number of nitrogens with zero attached hydrogens (tertiary/aromatic N) is 1. The van der Waals surface area contributed by atoms with Crippen molar-refractivity contribution in [2.75, 3.05) is 19.7 Å². The van der Waals surface area contributed by atoms with Gasteiger partial charge >= 0.3 is 0 Å². The highest BCUT2D eigenvalue weighted by atomic mass is 32.1. The number of rotatable bonds is 2. The first-order chi connectivity index (χ1) is 5.24. The van der Waals surface area contributed by atoms with E-state index in [1.165, 1.54) is 0 Å². The number of ether oxygens (including phenoxy) is 1. The summed E-state index contributed by atoms with van der Waals surface area (Å²) in [6.07, 6.45) is 0.525. The summed E-state index contributed by atoms with van der Waals surface area (Å²) in [5, 5.41) is 0. The molecule has 1 aliphatic rings. The van der Waals surface area contributed by atoms with Crippen molar-refractivity contribution >= 4 is 23.6 Å². The van der Waals surface area contributed by atoms with Crippen molar-refractivity contribution in [3.8, 4) is 0 Å². The van der Waals surface area contributed by atoms with Gasteiger partial charge in [-0.1, -0.05) is 12.2 Å². The molecule has 1 saturated heterocycles. The van der Waals surface area contributed by atoms with Crippen LogP contribution in [0.3, 0.4) is 0 Å². The van der Waals surface area contributed by atoms with E-state index < -0.39 is 0 Å². The normalized spacial score (nSPS) is 24.7. The number of morpholine rings is 1. The van der Waals surface area contributed by atoms with E-state index in [0.717, 1.165) is 6.41 Å². The molecule has 11 heavy (non-hydrogen) atoms. The second kappa shape index (κ2) is 3.64. The van der Waals surface area contributed by atoms with Gasteiger partial charge in [0.1, 0.15) is 11.1 Å². The molecule has 1 rings (SSSR count). The molecular formula is C6H10N2O2S. The van der Waals surface area contributed by atoms with Crippen LogP contribution in [0.1, 0.15) is 0 Å². The number of hydrogen-bond donors (Lipinski definition) is 1. The molecular weight excluding hydrogens is 164 g/mol. The SMILES string of the molecule is NC(=S)C1CN(C=O)CCO1. The van der Waals surface area contributed by atoms with Gasteiger partial charge in [-0.3, -0.25) is 4.79 Å². The van der Waals surface area contributed by atoms with Gasteiger partial charge in [0.2, 0.25) is 6.41 Å².